The minimum Gasteiger partial charge on any atom is -0.268 e. The number of aromatic nitrogens is 1. The van der Waals surface area contributed by atoms with E-state index in [1.807, 2.05) is 13.8 Å². The van der Waals surface area contributed by atoms with Crippen LogP contribution in [0.2, 0.25) is 0 Å². The third-order valence-corrected chi connectivity index (χ3v) is 7.15. The molecule has 0 saturated carbocycles. The Kier molecular flexibility index (Phi) is 4.12. The van der Waals surface area contributed by atoms with Gasteiger partial charge < -0.3 is 0 Å². The fourth-order valence-electron chi connectivity index (χ4n) is 3.58. The minimum absolute atomic E-state index is 0.0979. The largest absolute Gasteiger partial charge is 0.280 e. The number of carbonyl (C=O) groups is 2. The normalized spacial score (nSPS) is 20.4. The zero-order valence-electron chi connectivity index (χ0n) is 15.0. The van der Waals surface area contributed by atoms with E-state index >= 15 is 0 Å². The zero-order valence-corrected chi connectivity index (χ0v) is 15.9. The van der Waals surface area contributed by atoms with Gasteiger partial charge in [-0.25, -0.2) is 8.42 Å². The molecule has 2 aromatic rings. The molecule has 27 heavy (non-hydrogen) atoms. The number of aryl methyl sites for hydroxylation is 2. The van der Waals surface area contributed by atoms with Crippen molar-refractivity contribution in [3.05, 3.63) is 58.9 Å². The molecule has 1 aromatic heterocycles. The smallest absolute Gasteiger partial charge is 0.268 e. The highest BCUT2D eigenvalue weighted by Crippen LogP contribution is 2.29. The Bertz CT molecular complexity index is 1030. The van der Waals surface area contributed by atoms with Gasteiger partial charge in [-0.1, -0.05) is 6.07 Å². The Morgan fingerprint density at radius 3 is 2.56 bits per heavy atom. The summed E-state index contributed by atoms with van der Waals surface area (Å²) in [7, 11) is -3.67. The first-order valence-electron chi connectivity index (χ1n) is 8.71. The van der Waals surface area contributed by atoms with Gasteiger partial charge in [0.25, 0.3) is 11.8 Å². The van der Waals surface area contributed by atoms with Crippen molar-refractivity contribution < 1.29 is 18.0 Å². The van der Waals surface area contributed by atoms with Crippen molar-refractivity contribution in [2.45, 2.75) is 31.2 Å². The number of rotatable bonds is 3. The van der Waals surface area contributed by atoms with Crippen molar-refractivity contribution in [2.24, 2.45) is 0 Å². The Morgan fingerprint density at radius 1 is 1.07 bits per heavy atom. The zero-order chi connectivity index (χ0) is 19.3. The van der Waals surface area contributed by atoms with Crippen molar-refractivity contribution in [1.29, 1.82) is 0 Å². The van der Waals surface area contributed by atoms with Crippen LogP contribution >= 0.6 is 0 Å². The van der Waals surface area contributed by atoms with Gasteiger partial charge in [-0.2, -0.15) is 4.31 Å². The van der Waals surface area contributed by atoms with Crippen LogP contribution in [0, 0.1) is 13.8 Å². The third-order valence-electron chi connectivity index (χ3n) is 5.29. The number of hydrogen-bond donors (Lipinski definition) is 0. The van der Waals surface area contributed by atoms with E-state index in [1.54, 1.807) is 30.3 Å². The van der Waals surface area contributed by atoms with E-state index in [0.717, 1.165) is 16.0 Å². The molecule has 0 N–H and O–H groups in total. The van der Waals surface area contributed by atoms with Crippen LogP contribution in [0.15, 0.2) is 41.4 Å². The van der Waals surface area contributed by atoms with E-state index < -0.39 is 27.9 Å². The Labute approximate surface area is 157 Å². The summed E-state index contributed by atoms with van der Waals surface area (Å²) < 4.78 is 27.3. The van der Waals surface area contributed by atoms with Gasteiger partial charge in [0.15, 0.2) is 0 Å². The van der Waals surface area contributed by atoms with Gasteiger partial charge in [0.05, 0.1) is 16.5 Å². The summed E-state index contributed by atoms with van der Waals surface area (Å²) in [6.07, 6.45) is 1.88. The molecule has 1 aromatic carbocycles. The Morgan fingerprint density at radius 2 is 1.85 bits per heavy atom. The topological polar surface area (TPSA) is 87.7 Å². The lowest BCUT2D eigenvalue weighted by atomic mass is 10.1. The molecule has 1 saturated heterocycles. The van der Waals surface area contributed by atoms with Crippen LogP contribution in [0.3, 0.4) is 0 Å². The molecule has 0 spiro atoms. The van der Waals surface area contributed by atoms with E-state index in [-0.39, 0.29) is 29.2 Å². The number of amides is 2. The molecule has 3 heterocycles. The third kappa shape index (κ3) is 2.76. The highest BCUT2D eigenvalue weighted by molar-refractivity contribution is 7.89. The van der Waals surface area contributed by atoms with E-state index in [4.69, 9.17) is 0 Å². The Hall–Kier alpha value is -2.58. The van der Waals surface area contributed by atoms with Crippen LogP contribution in [0.5, 0.6) is 0 Å². The van der Waals surface area contributed by atoms with E-state index in [9.17, 15) is 18.0 Å². The molecule has 4 rings (SSSR count). The maximum absolute atomic E-state index is 13.0. The summed E-state index contributed by atoms with van der Waals surface area (Å²) in [6, 6.07) is 7.73. The fraction of sp³-hybridized carbons (Fsp3) is 0.316. The molecule has 7 nitrogen and oxygen atoms in total. The molecule has 2 amide bonds. The van der Waals surface area contributed by atoms with Crippen LogP contribution in [-0.2, 0) is 10.0 Å². The molecule has 0 radical (unpaired) electrons. The Balaban J connectivity index is 1.58. The van der Waals surface area contributed by atoms with E-state index in [2.05, 4.69) is 4.98 Å². The maximum atomic E-state index is 13.0. The number of carbonyl (C=O) groups excluding carboxylic acids is 2. The molecule has 1 fully saturated rings. The van der Waals surface area contributed by atoms with E-state index in [1.165, 1.54) is 10.5 Å². The SMILES string of the molecule is Cc1ccc(S(=O)(=O)N2CCC(N3C(=O)c4cccnc4C3=O)C2)cc1C. The summed E-state index contributed by atoms with van der Waals surface area (Å²) in [4.78, 5) is 30.6. The molecule has 2 aliphatic heterocycles. The molecule has 1 unspecified atom stereocenters. The summed E-state index contributed by atoms with van der Waals surface area (Å²) >= 11 is 0. The second-order valence-corrected chi connectivity index (χ2v) is 8.87. The second kappa shape index (κ2) is 6.24. The van der Waals surface area contributed by atoms with Gasteiger partial charge in [0, 0.05) is 19.3 Å². The predicted molar refractivity (Wildman–Crippen MR) is 97.8 cm³/mol. The summed E-state index contributed by atoms with van der Waals surface area (Å²) in [5.74, 6) is -0.857. The molecule has 8 heteroatoms. The average molecular weight is 385 g/mol. The monoisotopic (exact) mass is 385 g/mol. The number of imide groups is 1. The molecule has 1 atom stereocenters. The lowest BCUT2D eigenvalue weighted by Crippen LogP contribution is -2.42. The summed E-state index contributed by atoms with van der Waals surface area (Å²) in [5, 5.41) is 0. The highest BCUT2D eigenvalue weighted by Gasteiger charge is 2.45. The second-order valence-electron chi connectivity index (χ2n) is 6.93. The van der Waals surface area contributed by atoms with Gasteiger partial charge in [0.1, 0.15) is 5.69 Å². The summed E-state index contributed by atoms with van der Waals surface area (Å²) in [6.45, 7) is 4.16. The quantitative estimate of drug-likeness (QED) is 0.752. The number of pyridine rings is 1. The van der Waals surface area contributed by atoms with Crippen LogP contribution < -0.4 is 0 Å². The lowest BCUT2D eigenvalue weighted by molar-refractivity contribution is 0.0591. The standard InChI is InChI=1S/C19H19N3O4S/c1-12-5-6-15(10-13(12)2)27(25,26)21-9-7-14(11-21)22-18(23)16-4-3-8-20-17(16)19(22)24/h3-6,8,10,14H,7,9,11H2,1-2H3. The van der Waals surface area contributed by atoms with Gasteiger partial charge in [-0.15, -0.1) is 0 Å². The minimum atomic E-state index is -3.67. The van der Waals surface area contributed by atoms with Gasteiger partial charge in [-0.05, 0) is 55.7 Å². The molecule has 140 valence electrons. The fourth-order valence-corrected chi connectivity index (χ4v) is 5.16. The molecule has 2 aliphatic rings. The maximum Gasteiger partial charge on any atom is 0.280 e. The van der Waals surface area contributed by atoms with Gasteiger partial charge >= 0.3 is 0 Å². The number of sulfonamides is 1. The van der Waals surface area contributed by atoms with Crippen LogP contribution in [-0.4, -0.2) is 53.6 Å². The average Bonchev–Trinajstić information content (AvgIpc) is 3.22. The van der Waals surface area contributed by atoms with Crippen LogP contribution in [0.25, 0.3) is 0 Å². The lowest BCUT2D eigenvalue weighted by Gasteiger charge is -2.22. The summed E-state index contributed by atoms with van der Waals surface area (Å²) in [5.41, 5.74) is 2.33. The van der Waals surface area contributed by atoms with Crippen molar-refractivity contribution in [2.75, 3.05) is 13.1 Å². The van der Waals surface area contributed by atoms with Gasteiger partial charge in [0.2, 0.25) is 10.0 Å². The van der Waals surface area contributed by atoms with E-state index in [0.29, 0.717) is 6.42 Å². The number of hydrogen-bond acceptors (Lipinski definition) is 5. The first-order chi connectivity index (χ1) is 12.8. The first kappa shape index (κ1) is 17.8. The predicted octanol–water partition coefficient (Wildman–Crippen LogP) is 1.76. The van der Waals surface area contributed by atoms with Gasteiger partial charge in [-0.3, -0.25) is 19.5 Å². The van der Waals surface area contributed by atoms with Crippen LogP contribution in [0.4, 0.5) is 0 Å². The molecule has 0 bridgehead atoms. The number of fused-ring (bicyclic) bond motifs is 1. The van der Waals surface area contributed by atoms with Crippen molar-refractivity contribution in [1.82, 2.24) is 14.2 Å². The number of nitrogens with zero attached hydrogens (tertiary/aromatic N) is 3. The molecular formula is C19H19N3O4S. The molecule has 0 aliphatic carbocycles. The van der Waals surface area contributed by atoms with Crippen molar-refractivity contribution >= 4 is 21.8 Å². The van der Waals surface area contributed by atoms with Crippen molar-refractivity contribution in [3.8, 4) is 0 Å². The highest BCUT2D eigenvalue weighted by atomic mass is 32.2. The first-order valence-corrected chi connectivity index (χ1v) is 10.1. The van der Waals surface area contributed by atoms with Crippen LogP contribution in [0.1, 0.15) is 38.4 Å². The van der Waals surface area contributed by atoms with Crippen molar-refractivity contribution in [3.63, 3.8) is 0 Å². The molecular weight excluding hydrogens is 366 g/mol. The number of benzene rings is 1.